The van der Waals surface area contributed by atoms with Gasteiger partial charge in [-0.05, 0) is 6.92 Å². The minimum Gasteiger partial charge on any atom is -0.388 e. The number of alkyl halides is 1. The van der Waals surface area contributed by atoms with Crippen LogP contribution in [0.15, 0.2) is 15.8 Å². The van der Waals surface area contributed by atoms with Gasteiger partial charge in [0, 0.05) is 18.2 Å². The number of aromatic amines is 1. The number of rotatable bonds is 6. The highest BCUT2D eigenvalue weighted by atomic mass is 31.3. The Morgan fingerprint density at radius 2 is 2.04 bits per heavy atom. The molecule has 0 aliphatic carbocycles. The lowest BCUT2D eigenvalue weighted by Gasteiger charge is -2.22. The molecule has 1 fully saturated rings. The van der Waals surface area contributed by atoms with Crippen LogP contribution in [0, 0.1) is 6.92 Å². The van der Waals surface area contributed by atoms with Gasteiger partial charge in [-0.1, -0.05) is 0 Å². The van der Waals surface area contributed by atoms with Gasteiger partial charge < -0.3 is 24.5 Å². The molecule has 0 saturated carbocycles. The van der Waals surface area contributed by atoms with Crippen LogP contribution in [-0.4, -0.2) is 47.9 Å². The monoisotopic (exact) mass is 420 g/mol. The fourth-order valence-electron chi connectivity index (χ4n) is 2.20. The van der Waals surface area contributed by atoms with Gasteiger partial charge in [-0.15, -0.1) is 0 Å². The predicted molar refractivity (Wildman–Crippen MR) is 79.6 cm³/mol. The highest BCUT2D eigenvalue weighted by Gasteiger charge is 2.50. The van der Waals surface area contributed by atoms with Crippen molar-refractivity contribution in [3.8, 4) is 0 Å². The summed E-state index contributed by atoms with van der Waals surface area (Å²) in [6, 6.07) is 0. The molecule has 0 radical (unpaired) electrons. The average molecular weight is 420 g/mol. The summed E-state index contributed by atoms with van der Waals surface area (Å²) in [5.74, 6) is -2.88. The topological polar surface area (TPSA) is 198 Å². The second-order valence-corrected chi connectivity index (χ2v) is 8.29. The number of phosphoric acid groups is 2. The van der Waals surface area contributed by atoms with E-state index in [9.17, 15) is 28.2 Å². The maximum absolute atomic E-state index is 14.6. The van der Waals surface area contributed by atoms with Gasteiger partial charge in [-0.25, -0.2) is 18.3 Å². The lowest BCUT2D eigenvalue weighted by molar-refractivity contribution is -0.178. The van der Waals surface area contributed by atoms with Crippen molar-refractivity contribution in [2.45, 2.75) is 31.5 Å². The summed E-state index contributed by atoms with van der Waals surface area (Å²) in [5.41, 5.74) is -1.61. The van der Waals surface area contributed by atoms with Crippen LogP contribution in [-0.2, 0) is 22.7 Å². The van der Waals surface area contributed by atoms with Gasteiger partial charge >= 0.3 is 21.3 Å². The minimum atomic E-state index is -5.39. The fraction of sp³-hybridized carbons (Fsp3) is 0.600. The fourth-order valence-corrected chi connectivity index (χ4v) is 3.82. The number of hydrogen-bond acceptors (Lipinski definition) is 8. The van der Waals surface area contributed by atoms with Gasteiger partial charge in [0.25, 0.3) is 5.56 Å². The Balaban J connectivity index is 2.15. The molecule has 0 bridgehead atoms. The zero-order chi connectivity index (χ0) is 19.9. The Bertz CT molecular complexity index is 894. The molecule has 13 nitrogen and oxygen atoms in total. The molecule has 4 atom stereocenters. The largest absolute Gasteiger partial charge is 0.481 e. The zero-order valence-corrected chi connectivity index (χ0v) is 14.8. The van der Waals surface area contributed by atoms with Gasteiger partial charge in [-0.2, -0.15) is 4.31 Å². The van der Waals surface area contributed by atoms with Crippen LogP contribution in [0.4, 0.5) is 4.39 Å². The molecule has 1 unspecified atom stereocenters. The zero-order valence-electron chi connectivity index (χ0n) is 13.0. The van der Waals surface area contributed by atoms with Gasteiger partial charge in [0.05, 0.1) is 0 Å². The van der Waals surface area contributed by atoms with Crippen molar-refractivity contribution in [1.82, 2.24) is 9.55 Å². The number of nitrogens with one attached hydrogen (secondary N) is 1. The summed E-state index contributed by atoms with van der Waals surface area (Å²) < 4.78 is 49.7. The van der Waals surface area contributed by atoms with E-state index >= 15 is 0 Å². The number of aliphatic hydroxyl groups excluding tert-OH is 1. The third-order valence-electron chi connectivity index (χ3n) is 3.25. The number of hydrogen-bond donors (Lipinski definition) is 5. The molecule has 0 amide bonds. The highest BCUT2D eigenvalue weighted by Crippen LogP contribution is 2.58. The number of ether oxygens (including phenoxy) is 1. The molecule has 148 valence electrons. The van der Waals surface area contributed by atoms with Crippen molar-refractivity contribution in [3.63, 3.8) is 0 Å². The number of nitrogens with zero attached hydrogens (tertiary/aromatic N) is 1. The molecule has 5 N–H and O–H groups in total. The molecule has 2 heterocycles. The molecule has 16 heteroatoms. The van der Waals surface area contributed by atoms with Crippen LogP contribution in [0.5, 0.6) is 0 Å². The van der Waals surface area contributed by atoms with Crippen LogP contribution in [0.2, 0.25) is 0 Å². The number of H-pyrrole nitrogens is 1. The molecule has 0 spiro atoms. The maximum atomic E-state index is 14.6. The summed E-state index contributed by atoms with van der Waals surface area (Å²) in [4.78, 5) is 51.1. The molecule has 1 aromatic heterocycles. The van der Waals surface area contributed by atoms with E-state index in [-0.39, 0.29) is 5.56 Å². The van der Waals surface area contributed by atoms with Gasteiger partial charge in [0.15, 0.2) is 6.23 Å². The lowest BCUT2D eigenvalue weighted by atomic mass is 10.2. The predicted octanol–water partition coefficient (Wildman–Crippen LogP) is -0.983. The average Bonchev–Trinajstić information content (AvgIpc) is 2.74. The van der Waals surface area contributed by atoms with E-state index in [1.807, 2.05) is 4.98 Å². The summed E-state index contributed by atoms with van der Waals surface area (Å²) in [6.45, 7) is 0.00870. The van der Waals surface area contributed by atoms with Crippen LogP contribution in [0.1, 0.15) is 18.2 Å². The van der Waals surface area contributed by atoms with E-state index in [1.165, 1.54) is 6.92 Å². The van der Waals surface area contributed by atoms with Crippen LogP contribution >= 0.6 is 15.6 Å². The first-order valence-electron chi connectivity index (χ1n) is 6.82. The Kier molecular flexibility index (Phi) is 5.74. The maximum Gasteiger partial charge on any atom is 0.481 e. The molecule has 1 aromatic rings. The van der Waals surface area contributed by atoms with E-state index in [4.69, 9.17) is 19.4 Å². The quantitative estimate of drug-likeness (QED) is 0.354. The number of aromatic nitrogens is 2. The van der Waals surface area contributed by atoms with Crippen molar-refractivity contribution < 1.29 is 46.9 Å². The van der Waals surface area contributed by atoms with Gasteiger partial charge in [0.2, 0.25) is 5.85 Å². The molecule has 1 aliphatic rings. The summed E-state index contributed by atoms with van der Waals surface area (Å²) in [6.07, 6.45) is -2.98. The Hall–Kier alpha value is -1.21. The van der Waals surface area contributed by atoms with E-state index in [0.717, 1.165) is 6.20 Å². The molecule has 26 heavy (non-hydrogen) atoms. The normalized spacial score (nSPS) is 28.8. The summed E-state index contributed by atoms with van der Waals surface area (Å²) in [7, 11) is -10.7. The Labute approximate surface area is 143 Å². The highest BCUT2D eigenvalue weighted by molar-refractivity contribution is 7.60. The SMILES string of the molecule is Cc1cn([C@@H]2O[C@](F)(COP(=O)(O)OP(=O)(O)O)C[C@H]2O)c(=O)[nH]c1=O. The van der Waals surface area contributed by atoms with Crippen LogP contribution < -0.4 is 11.2 Å². The van der Waals surface area contributed by atoms with Crippen molar-refractivity contribution in [1.29, 1.82) is 0 Å². The number of halogens is 1. The first-order chi connectivity index (χ1) is 11.7. The van der Waals surface area contributed by atoms with E-state index in [2.05, 4.69) is 8.83 Å². The number of aliphatic hydroxyl groups is 1. The van der Waals surface area contributed by atoms with Crippen molar-refractivity contribution >= 4 is 15.6 Å². The van der Waals surface area contributed by atoms with Crippen molar-refractivity contribution in [3.05, 3.63) is 32.6 Å². The van der Waals surface area contributed by atoms with Crippen molar-refractivity contribution in [2.24, 2.45) is 0 Å². The molecule has 1 saturated heterocycles. The van der Waals surface area contributed by atoms with Crippen LogP contribution in [0.3, 0.4) is 0 Å². The first kappa shape index (κ1) is 21.1. The third kappa shape index (κ3) is 5.16. The second-order valence-electron chi connectivity index (χ2n) is 5.46. The lowest BCUT2D eigenvalue weighted by Crippen LogP contribution is -2.36. The standard InChI is InChI=1S/C10H15FN2O11P2/c1-5-3-13(9(16)12-7(5)15)8-6(14)2-10(11,23-8)4-22-26(20,21)24-25(17,18)19/h3,6,8,14H,2,4H2,1H3,(H,20,21)(H,12,15,16)(H2,17,18,19)/t6-,8-,10+/m1/s1. The Morgan fingerprint density at radius 1 is 1.42 bits per heavy atom. The van der Waals surface area contributed by atoms with Crippen molar-refractivity contribution in [2.75, 3.05) is 6.61 Å². The molecule has 1 aliphatic heterocycles. The minimum absolute atomic E-state index is 0.0721. The number of phosphoric ester groups is 1. The van der Waals surface area contributed by atoms with E-state index in [1.54, 1.807) is 0 Å². The summed E-state index contributed by atoms with van der Waals surface area (Å²) >= 11 is 0. The molecular formula is C10H15FN2O11P2. The van der Waals surface area contributed by atoms with Gasteiger partial charge in [0.1, 0.15) is 12.7 Å². The second kappa shape index (κ2) is 7.08. The first-order valence-corrected chi connectivity index (χ1v) is 9.85. The Morgan fingerprint density at radius 3 is 2.62 bits per heavy atom. The third-order valence-corrected chi connectivity index (χ3v) is 5.38. The summed E-state index contributed by atoms with van der Waals surface area (Å²) in [5, 5.41) is 9.92. The van der Waals surface area contributed by atoms with Crippen LogP contribution in [0.25, 0.3) is 0 Å². The number of aryl methyl sites for hydroxylation is 1. The molecular weight excluding hydrogens is 405 g/mol. The smallest absolute Gasteiger partial charge is 0.388 e. The molecule has 2 rings (SSSR count). The van der Waals surface area contributed by atoms with E-state index in [0.29, 0.717) is 4.57 Å². The van der Waals surface area contributed by atoms with Gasteiger partial charge in [-0.3, -0.25) is 18.9 Å². The molecule has 0 aromatic carbocycles. The van der Waals surface area contributed by atoms with E-state index < -0.39 is 58.1 Å².